The summed E-state index contributed by atoms with van der Waals surface area (Å²) >= 11 is 0. The summed E-state index contributed by atoms with van der Waals surface area (Å²) < 4.78 is 10.7. The first-order valence-corrected chi connectivity index (χ1v) is 5.14. The van der Waals surface area contributed by atoms with E-state index in [1.807, 2.05) is 0 Å². The van der Waals surface area contributed by atoms with Crippen molar-refractivity contribution >= 4 is 0 Å². The van der Waals surface area contributed by atoms with Gasteiger partial charge in [0.25, 0.3) is 0 Å². The Balaban J connectivity index is 1.97. The van der Waals surface area contributed by atoms with Crippen LogP contribution in [0.3, 0.4) is 0 Å². The molecule has 0 aliphatic carbocycles. The minimum Gasteiger partial charge on any atom is -0.385 e. The van der Waals surface area contributed by atoms with E-state index >= 15 is 0 Å². The number of rotatable bonds is 6. The molecule has 1 heterocycles. The molecular weight excluding hydrogens is 166 g/mol. The van der Waals surface area contributed by atoms with Crippen molar-refractivity contribution in [2.45, 2.75) is 25.9 Å². The van der Waals surface area contributed by atoms with Gasteiger partial charge >= 0.3 is 0 Å². The number of ether oxygens (including phenoxy) is 2. The molecule has 1 fully saturated rings. The van der Waals surface area contributed by atoms with Crippen LogP contribution in [0.25, 0.3) is 0 Å². The number of nitrogens with one attached hydrogen (secondary N) is 1. The van der Waals surface area contributed by atoms with Gasteiger partial charge in [-0.05, 0) is 32.2 Å². The van der Waals surface area contributed by atoms with Gasteiger partial charge < -0.3 is 14.8 Å². The Hall–Kier alpha value is -0.120. The Morgan fingerprint density at radius 2 is 2.38 bits per heavy atom. The van der Waals surface area contributed by atoms with Crippen molar-refractivity contribution in [3.8, 4) is 0 Å². The third kappa shape index (κ3) is 4.60. The lowest BCUT2D eigenvalue weighted by molar-refractivity contribution is 0.0239. The van der Waals surface area contributed by atoms with Crippen LogP contribution < -0.4 is 5.32 Å². The Morgan fingerprint density at radius 3 is 3.00 bits per heavy atom. The number of hydrogen-bond donors (Lipinski definition) is 1. The van der Waals surface area contributed by atoms with Crippen molar-refractivity contribution in [1.82, 2.24) is 5.32 Å². The van der Waals surface area contributed by atoms with Crippen LogP contribution >= 0.6 is 0 Å². The molecule has 3 nitrogen and oxygen atoms in total. The van der Waals surface area contributed by atoms with Crippen LogP contribution in [-0.4, -0.2) is 39.5 Å². The van der Waals surface area contributed by atoms with Crippen molar-refractivity contribution in [1.29, 1.82) is 0 Å². The minimum absolute atomic E-state index is 0.334. The molecule has 1 aliphatic heterocycles. The lowest BCUT2D eigenvalue weighted by Gasteiger charge is -2.15. The topological polar surface area (TPSA) is 30.5 Å². The van der Waals surface area contributed by atoms with Gasteiger partial charge in [0.05, 0.1) is 12.7 Å². The summed E-state index contributed by atoms with van der Waals surface area (Å²) in [7, 11) is 1.73. The van der Waals surface area contributed by atoms with Crippen molar-refractivity contribution in [2.75, 3.05) is 33.4 Å². The second kappa shape index (κ2) is 6.35. The first kappa shape index (κ1) is 11.0. The predicted molar refractivity (Wildman–Crippen MR) is 52.9 cm³/mol. The van der Waals surface area contributed by atoms with Crippen LogP contribution in [0.1, 0.15) is 19.8 Å². The standard InChI is InChI=1S/C10H21NO2/c1-9(4-6-12-2)13-8-10-3-5-11-7-10/h9-11H,3-8H2,1-2H3. The van der Waals surface area contributed by atoms with Gasteiger partial charge in [0.15, 0.2) is 0 Å². The quantitative estimate of drug-likeness (QED) is 0.674. The highest BCUT2D eigenvalue weighted by atomic mass is 16.5. The first-order valence-electron chi connectivity index (χ1n) is 5.14. The van der Waals surface area contributed by atoms with E-state index < -0.39 is 0 Å². The van der Waals surface area contributed by atoms with Crippen molar-refractivity contribution in [2.24, 2.45) is 5.92 Å². The van der Waals surface area contributed by atoms with E-state index in [1.165, 1.54) is 6.42 Å². The van der Waals surface area contributed by atoms with Gasteiger partial charge in [0, 0.05) is 20.3 Å². The maximum atomic E-state index is 5.71. The van der Waals surface area contributed by atoms with Crippen molar-refractivity contribution in [3.63, 3.8) is 0 Å². The van der Waals surface area contributed by atoms with Crippen LogP contribution in [0.15, 0.2) is 0 Å². The largest absolute Gasteiger partial charge is 0.385 e. The molecule has 3 heteroatoms. The second-order valence-corrected chi connectivity index (χ2v) is 3.78. The van der Waals surface area contributed by atoms with Crippen molar-refractivity contribution in [3.05, 3.63) is 0 Å². The Bertz CT molecular complexity index is 124. The Morgan fingerprint density at radius 1 is 1.54 bits per heavy atom. The van der Waals surface area contributed by atoms with E-state index in [-0.39, 0.29) is 0 Å². The molecular formula is C10H21NO2. The molecule has 0 bridgehead atoms. The predicted octanol–water partition coefficient (Wildman–Crippen LogP) is 1.04. The smallest absolute Gasteiger partial charge is 0.0569 e. The molecule has 13 heavy (non-hydrogen) atoms. The lowest BCUT2D eigenvalue weighted by Crippen LogP contribution is -2.19. The van der Waals surface area contributed by atoms with E-state index in [0.29, 0.717) is 6.10 Å². The molecule has 1 N–H and O–H groups in total. The van der Waals surface area contributed by atoms with Gasteiger partial charge in [-0.25, -0.2) is 0 Å². The SMILES string of the molecule is COCCC(C)OCC1CCNC1. The van der Waals surface area contributed by atoms with Gasteiger partial charge in [-0.15, -0.1) is 0 Å². The van der Waals surface area contributed by atoms with E-state index in [1.54, 1.807) is 7.11 Å². The van der Waals surface area contributed by atoms with E-state index in [4.69, 9.17) is 9.47 Å². The summed E-state index contributed by atoms with van der Waals surface area (Å²) in [5.74, 6) is 0.727. The monoisotopic (exact) mass is 187 g/mol. The summed E-state index contributed by atoms with van der Waals surface area (Å²) in [4.78, 5) is 0. The minimum atomic E-state index is 0.334. The third-order valence-corrected chi connectivity index (χ3v) is 2.51. The summed E-state index contributed by atoms with van der Waals surface area (Å²) in [5, 5.41) is 3.33. The fourth-order valence-electron chi connectivity index (χ4n) is 1.52. The van der Waals surface area contributed by atoms with Crippen molar-refractivity contribution < 1.29 is 9.47 Å². The molecule has 2 unspecified atom stereocenters. The van der Waals surface area contributed by atoms with E-state index in [9.17, 15) is 0 Å². The maximum Gasteiger partial charge on any atom is 0.0569 e. The zero-order valence-electron chi connectivity index (χ0n) is 8.71. The fourth-order valence-corrected chi connectivity index (χ4v) is 1.52. The van der Waals surface area contributed by atoms with Crippen LogP contribution in [-0.2, 0) is 9.47 Å². The highest BCUT2D eigenvalue weighted by Crippen LogP contribution is 2.09. The highest BCUT2D eigenvalue weighted by Gasteiger charge is 2.15. The molecule has 0 aromatic rings. The normalized spacial score (nSPS) is 24.9. The second-order valence-electron chi connectivity index (χ2n) is 3.78. The fraction of sp³-hybridized carbons (Fsp3) is 1.00. The average molecular weight is 187 g/mol. The van der Waals surface area contributed by atoms with Gasteiger partial charge in [-0.3, -0.25) is 0 Å². The van der Waals surface area contributed by atoms with Gasteiger partial charge in [-0.2, -0.15) is 0 Å². The molecule has 2 atom stereocenters. The Kier molecular flexibility index (Phi) is 5.35. The molecule has 0 aromatic carbocycles. The zero-order valence-corrected chi connectivity index (χ0v) is 8.71. The molecule has 1 saturated heterocycles. The summed E-state index contributed by atoms with van der Waals surface area (Å²) in [6, 6.07) is 0. The van der Waals surface area contributed by atoms with Gasteiger partial charge in [-0.1, -0.05) is 0 Å². The maximum absolute atomic E-state index is 5.71. The van der Waals surface area contributed by atoms with E-state index in [2.05, 4.69) is 12.2 Å². The Labute approximate surface area is 80.8 Å². The van der Waals surface area contributed by atoms with Crippen LogP contribution in [0.4, 0.5) is 0 Å². The molecule has 78 valence electrons. The number of methoxy groups -OCH3 is 1. The van der Waals surface area contributed by atoms with Crippen LogP contribution in [0.5, 0.6) is 0 Å². The zero-order chi connectivity index (χ0) is 9.52. The third-order valence-electron chi connectivity index (χ3n) is 2.51. The molecule has 0 aromatic heterocycles. The summed E-state index contributed by atoms with van der Waals surface area (Å²) in [6.07, 6.45) is 2.59. The van der Waals surface area contributed by atoms with E-state index in [0.717, 1.165) is 38.6 Å². The first-order chi connectivity index (χ1) is 6.33. The molecule has 0 spiro atoms. The van der Waals surface area contributed by atoms with Crippen LogP contribution in [0, 0.1) is 5.92 Å². The molecule has 1 aliphatic rings. The lowest BCUT2D eigenvalue weighted by atomic mass is 10.1. The number of hydrogen-bond acceptors (Lipinski definition) is 3. The molecule has 0 saturated carbocycles. The summed E-state index contributed by atoms with van der Waals surface area (Å²) in [6.45, 7) is 6.08. The molecule has 0 amide bonds. The van der Waals surface area contributed by atoms with Gasteiger partial charge in [0.1, 0.15) is 0 Å². The highest BCUT2D eigenvalue weighted by molar-refractivity contribution is 4.70. The average Bonchev–Trinajstić information content (AvgIpc) is 2.64. The molecule has 0 radical (unpaired) electrons. The molecule has 1 rings (SSSR count). The van der Waals surface area contributed by atoms with Gasteiger partial charge in [0.2, 0.25) is 0 Å². The van der Waals surface area contributed by atoms with Crippen LogP contribution in [0.2, 0.25) is 0 Å². The summed E-state index contributed by atoms with van der Waals surface area (Å²) in [5.41, 5.74) is 0.